The topological polar surface area (TPSA) is 122 Å². The molecule has 0 saturated heterocycles. The van der Waals surface area contributed by atoms with Crippen molar-refractivity contribution in [3.05, 3.63) is 12.7 Å². The molecule has 0 aliphatic heterocycles. The van der Waals surface area contributed by atoms with Gasteiger partial charge in [-0.15, -0.1) is 6.58 Å². The highest BCUT2D eigenvalue weighted by Gasteiger charge is 2.21. The fourth-order valence-corrected chi connectivity index (χ4v) is 1.97. The molecule has 9 heteroatoms. The van der Waals surface area contributed by atoms with E-state index < -0.39 is 27.9 Å². The molecule has 1 unspecified atom stereocenters. The Balaban J connectivity index is 4.01. The van der Waals surface area contributed by atoms with Gasteiger partial charge in [0.05, 0.1) is 19.0 Å². The first kappa shape index (κ1) is 19.4. The Labute approximate surface area is 124 Å². The fraction of sp³-hybridized carbons (Fsp3) is 0.667. The van der Waals surface area contributed by atoms with Gasteiger partial charge in [0.1, 0.15) is 15.9 Å². The predicted molar refractivity (Wildman–Crippen MR) is 77.9 cm³/mol. The van der Waals surface area contributed by atoms with Crippen molar-refractivity contribution in [1.82, 2.24) is 10.6 Å². The van der Waals surface area contributed by atoms with Crippen LogP contribution in [0.3, 0.4) is 0 Å². The minimum atomic E-state index is -3.28. The molecule has 8 nitrogen and oxygen atoms in total. The largest absolute Gasteiger partial charge is 0.480 e. The van der Waals surface area contributed by atoms with Gasteiger partial charge in [0.15, 0.2) is 0 Å². The van der Waals surface area contributed by atoms with Crippen molar-refractivity contribution >= 4 is 21.8 Å². The van der Waals surface area contributed by atoms with E-state index in [4.69, 9.17) is 9.84 Å². The van der Waals surface area contributed by atoms with Crippen molar-refractivity contribution in [2.75, 3.05) is 31.8 Å². The van der Waals surface area contributed by atoms with E-state index in [1.807, 2.05) is 0 Å². The van der Waals surface area contributed by atoms with Gasteiger partial charge in [-0.2, -0.15) is 0 Å². The first-order valence-electron chi connectivity index (χ1n) is 6.40. The molecule has 0 bridgehead atoms. The standard InChI is InChI=1S/C12H22N2O6S/c1-3-4-7-20-8-6-13-12(17)14-10(11(15)16)5-9-21(2,18)19/h3,10H,1,4-9H2,2H3,(H,15,16)(H2,13,14,17). The molecule has 1 atom stereocenters. The summed E-state index contributed by atoms with van der Waals surface area (Å²) in [5.41, 5.74) is 0. The Bertz CT molecular complexity index is 449. The molecule has 0 aliphatic rings. The molecule has 21 heavy (non-hydrogen) atoms. The SMILES string of the molecule is C=CCCOCCNC(=O)NC(CCS(C)(=O)=O)C(=O)O. The Morgan fingerprint density at radius 3 is 2.57 bits per heavy atom. The summed E-state index contributed by atoms with van der Waals surface area (Å²) in [6.45, 7) is 4.55. The molecule has 0 fully saturated rings. The molecule has 0 rings (SSSR count). The number of hydrogen-bond acceptors (Lipinski definition) is 5. The smallest absolute Gasteiger partial charge is 0.326 e. The second-order valence-corrected chi connectivity index (χ2v) is 6.66. The summed E-state index contributed by atoms with van der Waals surface area (Å²) in [5, 5.41) is 13.6. The van der Waals surface area contributed by atoms with Gasteiger partial charge >= 0.3 is 12.0 Å². The van der Waals surface area contributed by atoms with Gasteiger partial charge in [0.25, 0.3) is 0 Å². The van der Waals surface area contributed by atoms with Crippen molar-refractivity contribution in [3.63, 3.8) is 0 Å². The van der Waals surface area contributed by atoms with Crippen LogP contribution in [-0.4, -0.2) is 63.3 Å². The Morgan fingerprint density at radius 1 is 1.38 bits per heavy atom. The van der Waals surface area contributed by atoms with Crippen molar-refractivity contribution in [2.45, 2.75) is 18.9 Å². The number of carboxylic acid groups (broad SMARTS) is 1. The summed E-state index contributed by atoms with van der Waals surface area (Å²) < 4.78 is 27.2. The van der Waals surface area contributed by atoms with Gasteiger partial charge in [0.2, 0.25) is 0 Å². The minimum absolute atomic E-state index is 0.183. The zero-order chi connectivity index (χ0) is 16.3. The number of amides is 2. The molecule has 0 aromatic heterocycles. The van der Waals surface area contributed by atoms with E-state index in [1.54, 1.807) is 6.08 Å². The van der Waals surface area contributed by atoms with Crippen LogP contribution >= 0.6 is 0 Å². The highest BCUT2D eigenvalue weighted by Crippen LogP contribution is 1.97. The van der Waals surface area contributed by atoms with Crippen LogP contribution in [-0.2, 0) is 19.4 Å². The van der Waals surface area contributed by atoms with E-state index in [1.165, 1.54) is 0 Å². The van der Waals surface area contributed by atoms with Crippen LogP contribution in [0.5, 0.6) is 0 Å². The number of hydrogen-bond donors (Lipinski definition) is 3. The van der Waals surface area contributed by atoms with Crippen molar-refractivity contribution in [3.8, 4) is 0 Å². The lowest BCUT2D eigenvalue weighted by Crippen LogP contribution is -2.47. The number of ether oxygens (including phenoxy) is 1. The molecule has 0 aliphatic carbocycles. The normalized spacial score (nSPS) is 12.4. The second kappa shape index (κ2) is 10.2. The third-order valence-electron chi connectivity index (χ3n) is 2.38. The molecule has 0 heterocycles. The number of rotatable bonds is 11. The summed E-state index contributed by atoms with van der Waals surface area (Å²) in [6.07, 6.45) is 3.24. The Morgan fingerprint density at radius 2 is 2.05 bits per heavy atom. The van der Waals surface area contributed by atoms with Gasteiger partial charge in [-0.05, 0) is 12.8 Å². The number of sulfone groups is 1. The average Bonchev–Trinajstić information content (AvgIpc) is 2.37. The van der Waals surface area contributed by atoms with Crippen LogP contribution in [0, 0.1) is 0 Å². The first-order chi connectivity index (χ1) is 9.76. The van der Waals surface area contributed by atoms with Gasteiger partial charge in [-0.3, -0.25) is 0 Å². The number of carbonyl (C=O) groups is 2. The fourth-order valence-electron chi connectivity index (χ4n) is 1.30. The molecule has 122 valence electrons. The highest BCUT2D eigenvalue weighted by molar-refractivity contribution is 7.90. The molecular formula is C12H22N2O6S. The highest BCUT2D eigenvalue weighted by atomic mass is 32.2. The predicted octanol–water partition coefficient (Wildman–Crippen LogP) is -0.234. The van der Waals surface area contributed by atoms with Crippen LogP contribution < -0.4 is 10.6 Å². The molecule has 0 aromatic carbocycles. The number of urea groups is 1. The summed E-state index contributed by atoms with van der Waals surface area (Å²) in [7, 11) is -3.28. The van der Waals surface area contributed by atoms with E-state index >= 15 is 0 Å². The van der Waals surface area contributed by atoms with Gasteiger partial charge in [-0.25, -0.2) is 18.0 Å². The molecule has 0 aromatic rings. The van der Waals surface area contributed by atoms with Crippen LogP contribution in [0.25, 0.3) is 0 Å². The zero-order valence-corrected chi connectivity index (χ0v) is 12.8. The van der Waals surface area contributed by atoms with E-state index in [0.29, 0.717) is 19.6 Å². The molecule has 3 N–H and O–H groups in total. The minimum Gasteiger partial charge on any atom is -0.480 e. The van der Waals surface area contributed by atoms with E-state index in [-0.39, 0.29) is 18.7 Å². The van der Waals surface area contributed by atoms with Crippen molar-refractivity contribution in [2.24, 2.45) is 0 Å². The summed E-state index contributed by atoms with van der Waals surface area (Å²) in [4.78, 5) is 22.4. The first-order valence-corrected chi connectivity index (χ1v) is 8.46. The molecule has 0 radical (unpaired) electrons. The third-order valence-corrected chi connectivity index (χ3v) is 3.36. The lowest BCUT2D eigenvalue weighted by atomic mass is 10.2. The Kier molecular flexibility index (Phi) is 9.39. The maximum absolute atomic E-state index is 11.5. The van der Waals surface area contributed by atoms with E-state index in [9.17, 15) is 18.0 Å². The number of nitrogens with one attached hydrogen (secondary N) is 2. The maximum atomic E-state index is 11.5. The quantitative estimate of drug-likeness (QED) is 0.357. The van der Waals surface area contributed by atoms with Crippen LogP contribution in [0.2, 0.25) is 0 Å². The van der Waals surface area contributed by atoms with Crippen LogP contribution in [0.15, 0.2) is 12.7 Å². The monoisotopic (exact) mass is 322 g/mol. The number of carbonyl (C=O) groups excluding carboxylic acids is 1. The molecular weight excluding hydrogens is 300 g/mol. The molecule has 0 saturated carbocycles. The molecule has 0 spiro atoms. The van der Waals surface area contributed by atoms with E-state index in [0.717, 1.165) is 6.26 Å². The van der Waals surface area contributed by atoms with E-state index in [2.05, 4.69) is 17.2 Å². The lowest BCUT2D eigenvalue weighted by Gasteiger charge is -2.14. The van der Waals surface area contributed by atoms with Gasteiger partial charge in [-0.1, -0.05) is 6.08 Å². The van der Waals surface area contributed by atoms with Gasteiger partial charge in [0, 0.05) is 12.8 Å². The lowest BCUT2D eigenvalue weighted by molar-refractivity contribution is -0.139. The average molecular weight is 322 g/mol. The Hall–Kier alpha value is -1.61. The molecule has 2 amide bonds. The second-order valence-electron chi connectivity index (χ2n) is 4.40. The number of carboxylic acids is 1. The number of aliphatic carboxylic acids is 1. The summed E-state index contributed by atoms with van der Waals surface area (Å²) in [5.74, 6) is -1.59. The zero-order valence-electron chi connectivity index (χ0n) is 12.0. The maximum Gasteiger partial charge on any atom is 0.326 e. The summed E-state index contributed by atoms with van der Waals surface area (Å²) >= 11 is 0. The van der Waals surface area contributed by atoms with Crippen LogP contribution in [0.1, 0.15) is 12.8 Å². The van der Waals surface area contributed by atoms with Gasteiger partial charge < -0.3 is 20.5 Å². The van der Waals surface area contributed by atoms with Crippen molar-refractivity contribution < 1.29 is 27.9 Å². The third kappa shape index (κ3) is 11.9. The van der Waals surface area contributed by atoms with Crippen molar-refractivity contribution in [1.29, 1.82) is 0 Å². The van der Waals surface area contributed by atoms with Crippen LogP contribution in [0.4, 0.5) is 4.79 Å². The summed E-state index contributed by atoms with van der Waals surface area (Å²) in [6, 6.07) is -1.93.